The maximum Gasteiger partial charge on any atom is 0.331 e. The predicted molar refractivity (Wildman–Crippen MR) is 123 cm³/mol. The van der Waals surface area contributed by atoms with E-state index in [0.717, 1.165) is 32.1 Å². The van der Waals surface area contributed by atoms with Crippen LogP contribution in [0.15, 0.2) is 34.9 Å². The summed E-state index contributed by atoms with van der Waals surface area (Å²) in [5.41, 5.74) is 3.30. The van der Waals surface area contributed by atoms with E-state index < -0.39 is 5.97 Å². The highest BCUT2D eigenvalue weighted by atomic mass is 16.4. The van der Waals surface area contributed by atoms with E-state index in [2.05, 4.69) is 58.6 Å². The van der Waals surface area contributed by atoms with E-state index in [4.69, 9.17) is 0 Å². The Hall–Kier alpha value is -1.84. The molecule has 1 N–H and O–H groups in total. The zero-order chi connectivity index (χ0) is 22.7. The number of amides is 1. The molecule has 0 aliphatic heterocycles. The summed E-state index contributed by atoms with van der Waals surface area (Å²) in [6, 6.07) is 0.449. The van der Waals surface area contributed by atoms with Crippen LogP contribution >= 0.6 is 0 Å². The largest absolute Gasteiger partial charge is 0.478 e. The third-order valence-electron chi connectivity index (χ3n) is 9.18. The predicted octanol–water partition coefficient (Wildman–Crippen LogP) is 5.75. The Morgan fingerprint density at radius 3 is 2.29 bits per heavy atom. The lowest BCUT2D eigenvalue weighted by Gasteiger charge is -2.53. The van der Waals surface area contributed by atoms with E-state index in [9.17, 15) is 14.7 Å². The second kappa shape index (κ2) is 7.64. The number of carbonyl (C=O) groups is 2. The number of carboxylic acid groups (broad SMARTS) is 1. The zero-order valence-corrected chi connectivity index (χ0v) is 20.1. The van der Waals surface area contributed by atoms with Crippen LogP contribution in [0.5, 0.6) is 0 Å². The van der Waals surface area contributed by atoms with Crippen LogP contribution in [-0.2, 0) is 9.59 Å². The molecule has 1 amide bonds. The Morgan fingerprint density at radius 1 is 1.00 bits per heavy atom. The number of carbonyl (C=O) groups excluding carboxylic acids is 1. The van der Waals surface area contributed by atoms with Gasteiger partial charge in [0, 0.05) is 23.6 Å². The summed E-state index contributed by atoms with van der Waals surface area (Å²) in [5.74, 6) is 0.593. The molecule has 4 nitrogen and oxygen atoms in total. The fraction of sp³-hybridized carbons (Fsp3) is 0.704. The summed E-state index contributed by atoms with van der Waals surface area (Å²) in [6.45, 7) is 13.2. The molecule has 1 unspecified atom stereocenters. The van der Waals surface area contributed by atoms with Gasteiger partial charge in [-0.25, -0.2) is 4.79 Å². The molecule has 4 aliphatic carbocycles. The van der Waals surface area contributed by atoms with Crippen molar-refractivity contribution in [3.8, 4) is 0 Å². The van der Waals surface area contributed by atoms with Gasteiger partial charge in [-0.15, -0.1) is 0 Å². The minimum Gasteiger partial charge on any atom is -0.478 e. The molecule has 0 aromatic heterocycles. The third kappa shape index (κ3) is 3.32. The van der Waals surface area contributed by atoms with Crippen molar-refractivity contribution in [2.75, 3.05) is 0 Å². The highest BCUT2D eigenvalue weighted by molar-refractivity contribution is 5.87. The van der Waals surface area contributed by atoms with Gasteiger partial charge in [-0.1, -0.05) is 31.6 Å². The molecular formula is C27H39NO3. The van der Waals surface area contributed by atoms with Crippen molar-refractivity contribution in [2.45, 2.75) is 92.2 Å². The fourth-order valence-electron chi connectivity index (χ4n) is 7.54. The third-order valence-corrected chi connectivity index (χ3v) is 9.18. The maximum atomic E-state index is 13.7. The van der Waals surface area contributed by atoms with Gasteiger partial charge >= 0.3 is 5.97 Å². The average Bonchev–Trinajstić information content (AvgIpc) is 3.03. The lowest BCUT2D eigenvalue weighted by Crippen LogP contribution is -2.51. The van der Waals surface area contributed by atoms with Crippen molar-refractivity contribution in [2.24, 2.45) is 28.6 Å². The summed E-state index contributed by atoms with van der Waals surface area (Å²) in [7, 11) is 0. The number of allylic oxidation sites excluding steroid dienone is 5. The fourth-order valence-corrected chi connectivity index (χ4v) is 7.54. The quantitative estimate of drug-likeness (QED) is 0.624. The van der Waals surface area contributed by atoms with Gasteiger partial charge in [0.25, 0.3) is 0 Å². The Balaban J connectivity index is 1.66. The molecule has 0 spiro atoms. The topological polar surface area (TPSA) is 57.6 Å². The van der Waals surface area contributed by atoms with Crippen LogP contribution in [0.25, 0.3) is 0 Å². The molecule has 31 heavy (non-hydrogen) atoms. The molecule has 4 aliphatic rings. The van der Waals surface area contributed by atoms with E-state index in [0.29, 0.717) is 29.7 Å². The van der Waals surface area contributed by atoms with Gasteiger partial charge < -0.3 is 10.0 Å². The summed E-state index contributed by atoms with van der Waals surface area (Å²) < 4.78 is 0. The van der Waals surface area contributed by atoms with Gasteiger partial charge in [0.15, 0.2) is 0 Å². The number of aliphatic carboxylic acids is 1. The van der Waals surface area contributed by atoms with Crippen LogP contribution in [-0.4, -0.2) is 34.0 Å². The number of rotatable bonds is 4. The van der Waals surface area contributed by atoms with Crippen molar-refractivity contribution >= 4 is 11.9 Å². The standard InChI is InChI=1S/C27H39NO3/c1-16(2)28(17(3)4)24(29)23-10-9-21-20-8-7-19-15-18(25(30)31)11-13-26(19,5)22(20)12-14-27(21,23)6/h7-8,15-17,21-23H,9-14H2,1-6H3,(H,30,31)/t21-,22+,23?,26-,27-/m0/s1. The summed E-state index contributed by atoms with van der Waals surface area (Å²) in [5, 5.41) is 9.46. The summed E-state index contributed by atoms with van der Waals surface area (Å²) >= 11 is 0. The first kappa shape index (κ1) is 22.4. The van der Waals surface area contributed by atoms with Gasteiger partial charge in [-0.2, -0.15) is 0 Å². The second-order valence-corrected chi connectivity index (χ2v) is 11.4. The molecule has 0 radical (unpaired) electrons. The SMILES string of the molecule is CC(C)N(C(=O)C1CC[C@H]2C3=CC=C4C=C(C(=O)O)CC[C@]4(C)[C@@H]3CC[C@]12C)C(C)C. The van der Waals surface area contributed by atoms with Crippen LogP contribution in [0, 0.1) is 28.6 Å². The van der Waals surface area contributed by atoms with E-state index >= 15 is 0 Å². The second-order valence-electron chi connectivity index (χ2n) is 11.4. The van der Waals surface area contributed by atoms with Crippen LogP contribution in [0.3, 0.4) is 0 Å². The molecule has 0 aromatic carbocycles. The molecule has 170 valence electrons. The van der Waals surface area contributed by atoms with Crippen molar-refractivity contribution in [3.63, 3.8) is 0 Å². The first-order valence-electron chi connectivity index (χ1n) is 12.2. The molecule has 4 heteroatoms. The van der Waals surface area contributed by atoms with E-state index in [1.54, 1.807) is 0 Å². The smallest absolute Gasteiger partial charge is 0.331 e. The van der Waals surface area contributed by atoms with Crippen LogP contribution in [0.4, 0.5) is 0 Å². The zero-order valence-electron chi connectivity index (χ0n) is 20.1. The molecule has 4 rings (SSSR count). The number of carboxylic acids is 1. The van der Waals surface area contributed by atoms with E-state index in [-0.39, 0.29) is 28.8 Å². The average molecular weight is 426 g/mol. The van der Waals surface area contributed by atoms with Crippen LogP contribution in [0.2, 0.25) is 0 Å². The maximum absolute atomic E-state index is 13.7. The van der Waals surface area contributed by atoms with E-state index in [1.807, 2.05) is 6.08 Å². The Kier molecular flexibility index (Phi) is 5.51. The van der Waals surface area contributed by atoms with Gasteiger partial charge in [0.1, 0.15) is 0 Å². The summed E-state index contributed by atoms with van der Waals surface area (Å²) in [4.78, 5) is 27.3. The summed E-state index contributed by atoms with van der Waals surface area (Å²) in [6.07, 6.45) is 12.2. The Morgan fingerprint density at radius 2 is 1.68 bits per heavy atom. The lowest BCUT2D eigenvalue weighted by atomic mass is 9.51. The van der Waals surface area contributed by atoms with Gasteiger partial charge in [0.2, 0.25) is 5.91 Å². The highest BCUT2D eigenvalue weighted by Gasteiger charge is 2.58. The van der Waals surface area contributed by atoms with Crippen molar-refractivity contribution in [1.29, 1.82) is 0 Å². The molecule has 0 saturated heterocycles. The van der Waals surface area contributed by atoms with Crippen molar-refractivity contribution in [3.05, 3.63) is 34.9 Å². The normalized spacial score (nSPS) is 36.8. The number of nitrogens with zero attached hydrogens (tertiary/aromatic N) is 1. The first-order chi connectivity index (χ1) is 14.5. The molecule has 0 aromatic rings. The Labute approximate surface area is 187 Å². The minimum absolute atomic E-state index is 0.0222. The lowest BCUT2D eigenvalue weighted by molar-refractivity contribution is -0.143. The number of fused-ring (bicyclic) bond motifs is 5. The van der Waals surface area contributed by atoms with Crippen molar-refractivity contribution < 1.29 is 14.7 Å². The van der Waals surface area contributed by atoms with Crippen LogP contribution < -0.4 is 0 Å². The Bertz CT molecular complexity index is 871. The van der Waals surface area contributed by atoms with Crippen molar-refractivity contribution in [1.82, 2.24) is 4.90 Å². The monoisotopic (exact) mass is 425 g/mol. The molecule has 0 bridgehead atoms. The molecule has 0 heterocycles. The molecule has 2 fully saturated rings. The first-order valence-corrected chi connectivity index (χ1v) is 12.2. The van der Waals surface area contributed by atoms with Gasteiger partial charge in [-0.3, -0.25) is 4.79 Å². The molecule has 5 atom stereocenters. The number of hydrogen-bond acceptors (Lipinski definition) is 2. The van der Waals surface area contributed by atoms with Gasteiger partial charge in [-0.05, 0) is 101 Å². The van der Waals surface area contributed by atoms with Crippen LogP contribution in [0.1, 0.15) is 80.1 Å². The number of hydrogen-bond donors (Lipinski definition) is 1. The molecular weight excluding hydrogens is 386 g/mol. The highest BCUT2D eigenvalue weighted by Crippen LogP contribution is 2.64. The van der Waals surface area contributed by atoms with E-state index in [1.165, 1.54) is 11.1 Å². The van der Waals surface area contributed by atoms with Gasteiger partial charge in [0.05, 0.1) is 0 Å². The minimum atomic E-state index is -0.786. The molecule has 2 saturated carbocycles.